The maximum Gasteiger partial charge on any atom is 0.427 e. The summed E-state index contributed by atoms with van der Waals surface area (Å²) in [5.41, 5.74) is 6.66. The molecule has 17 heteroatoms. The summed E-state index contributed by atoms with van der Waals surface area (Å²) in [5, 5.41) is 4.74. The summed E-state index contributed by atoms with van der Waals surface area (Å²) >= 11 is 0.204. The van der Waals surface area contributed by atoms with Gasteiger partial charge >= 0.3 is 6.18 Å². The van der Waals surface area contributed by atoms with E-state index < -0.39 is 58.1 Å². The smallest absolute Gasteiger partial charge is 0.389 e. The van der Waals surface area contributed by atoms with E-state index >= 15 is 0 Å². The third kappa shape index (κ3) is 6.18. The number of thiazole rings is 1. The van der Waals surface area contributed by atoms with Gasteiger partial charge in [0.15, 0.2) is 5.01 Å². The van der Waals surface area contributed by atoms with Crippen LogP contribution in [0.2, 0.25) is 0 Å². The van der Waals surface area contributed by atoms with Crippen LogP contribution in [0.5, 0.6) is 0 Å². The number of hydrogen-bond acceptors (Lipinski definition) is 8. The lowest BCUT2D eigenvalue weighted by Crippen LogP contribution is -2.51. The molecule has 3 unspecified atom stereocenters. The van der Waals surface area contributed by atoms with Crippen LogP contribution in [0.15, 0.2) is 53.5 Å². The summed E-state index contributed by atoms with van der Waals surface area (Å²) < 4.78 is 97.4. The highest BCUT2D eigenvalue weighted by Crippen LogP contribution is 2.52. The molecule has 1 aromatic carbocycles. The van der Waals surface area contributed by atoms with Gasteiger partial charge in [0, 0.05) is 19.3 Å². The first-order valence-corrected chi connectivity index (χ1v) is 15.1. The molecule has 0 amide bonds. The number of rotatable bonds is 9. The van der Waals surface area contributed by atoms with Gasteiger partial charge in [-0.05, 0) is 61.6 Å². The van der Waals surface area contributed by atoms with Crippen LogP contribution in [0, 0.1) is 11.2 Å². The molecular formula is C27H27F6N7O2S2. The Hall–Kier alpha value is -3.54. The topological polar surface area (TPSA) is 123 Å². The highest BCUT2D eigenvalue weighted by atomic mass is 32.2. The van der Waals surface area contributed by atoms with Crippen molar-refractivity contribution in [3.8, 4) is 5.69 Å². The summed E-state index contributed by atoms with van der Waals surface area (Å²) in [6.07, 6.45) is -2.53. The largest absolute Gasteiger partial charge is 0.427 e. The van der Waals surface area contributed by atoms with Gasteiger partial charge in [0.05, 0.1) is 35.7 Å². The van der Waals surface area contributed by atoms with E-state index in [-0.39, 0.29) is 47.1 Å². The Labute approximate surface area is 254 Å². The van der Waals surface area contributed by atoms with E-state index in [0.717, 1.165) is 15.5 Å². The number of nitrogens with zero attached hydrogens (tertiary/aromatic N) is 5. The van der Waals surface area contributed by atoms with Crippen molar-refractivity contribution in [2.75, 3.05) is 13.6 Å². The molecule has 0 saturated heterocycles. The number of fused-ring (bicyclic) bond motifs is 2. The average Bonchev–Trinajstić information content (AvgIpc) is 3.61. The molecule has 3 aromatic rings. The number of allylic oxidation sites excluding steroid dienone is 1. The van der Waals surface area contributed by atoms with Crippen molar-refractivity contribution in [2.45, 2.75) is 44.3 Å². The van der Waals surface area contributed by atoms with Crippen LogP contribution < -0.4 is 11.6 Å². The van der Waals surface area contributed by atoms with Crippen LogP contribution in [0.25, 0.3) is 11.8 Å². The molecule has 0 bridgehead atoms. The third-order valence-corrected chi connectivity index (χ3v) is 10.0. The quantitative estimate of drug-likeness (QED) is 0.149. The normalized spacial score (nSPS) is 21.2. The highest BCUT2D eigenvalue weighted by Gasteiger charge is 2.52. The number of alkyl halides is 5. The Balaban J connectivity index is 1.59. The van der Waals surface area contributed by atoms with E-state index in [4.69, 9.17) is 11.6 Å². The average molecular weight is 660 g/mol. The fraction of sp³-hybridized carbons (Fsp3) is 0.370. The first-order valence-electron chi connectivity index (χ1n) is 13.2. The number of nitrogens with two attached hydrogens (primary N) is 2. The molecule has 2 aliphatic rings. The van der Waals surface area contributed by atoms with E-state index in [1.807, 2.05) is 0 Å². The van der Waals surface area contributed by atoms with Crippen molar-refractivity contribution in [1.29, 1.82) is 0 Å². The summed E-state index contributed by atoms with van der Waals surface area (Å²) in [7, 11) is -0.869. The molecule has 2 aliphatic carbocycles. The van der Waals surface area contributed by atoms with Gasteiger partial charge in [-0.25, -0.2) is 37.2 Å². The van der Waals surface area contributed by atoms with Gasteiger partial charge in [-0.15, -0.1) is 11.3 Å². The summed E-state index contributed by atoms with van der Waals surface area (Å²) in [6, 6.07) is 4.69. The molecule has 0 aliphatic heterocycles. The number of ketones is 1. The van der Waals surface area contributed by atoms with E-state index in [1.165, 1.54) is 37.5 Å². The highest BCUT2D eigenvalue weighted by molar-refractivity contribution is 7.86. The molecular weight excluding hydrogens is 632 g/mol. The number of halogens is 6. The van der Waals surface area contributed by atoms with Crippen molar-refractivity contribution in [3.05, 3.63) is 80.4 Å². The number of hydrogen-bond donors (Lipinski definition) is 2. The van der Waals surface area contributed by atoms with Crippen LogP contribution in [0.1, 0.15) is 45.2 Å². The minimum Gasteiger partial charge on any atom is -0.389 e. The molecule has 2 aromatic heterocycles. The van der Waals surface area contributed by atoms with Crippen LogP contribution in [0.3, 0.4) is 0 Å². The fourth-order valence-corrected chi connectivity index (χ4v) is 7.75. The summed E-state index contributed by atoms with van der Waals surface area (Å²) in [4.78, 5) is 17.0. The maximum absolute atomic E-state index is 14.2. The summed E-state index contributed by atoms with van der Waals surface area (Å²) in [5.74, 6) is 4.41. The molecule has 1 saturated carbocycles. The number of benzene rings is 1. The number of aromatic nitrogens is 3. The molecule has 2 heterocycles. The minimum absolute atomic E-state index is 0.0301. The number of carbonyl (C=O) groups excluding carboxylic acids is 1. The second kappa shape index (κ2) is 12.1. The van der Waals surface area contributed by atoms with E-state index in [2.05, 4.69) is 10.1 Å². The van der Waals surface area contributed by atoms with Gasteiger partial charge in [0.25, 0.3) is 6.43 Å². The van der Waals surface area contributed by atoms with Crippen LogP contribution >= 0.6 is 11.3 Å². The SMILES string of the molecule is CN(N)/C=C(\N)S(=O)N(CC(F)F)C1CCC2=Cc3c(cnn3-c3ccc(F)cc3)CC2(C(=O)c2ncc(C(F)(F)F)s2)C1. The third-order valence-electron chi connectivity index (χ3n) is 7.59. The molecule has 0 spiro atoms. The van der Waals surface area contributed by atoms with Crippen molar-refractivity contribution >= 4 is 34.2 Å². The Morgan fingerprint density at radius 1 is 1.27 bits per heavy atom. The van der Waals surface area contributed by atoms with Crippen LogP contribution in [0.4, 0.5) is 26.3 Å². The minimum atomic E-state index is -4.72. The van der Waals surface area contributed by atoms with Gasteiger partial charge in [0.1, 0.15) is 26.7 Å². The van der Waals surface area contributed by atoms with Crippen LogP contribution in [-0.2, 0) is 23.6 Å². The second-order valence-electron chi connectivity index (χ2n) is 10.6. The van der Waals surface area contributed by atoms with Crippen molar-refractivity contribution < 1.29 is 35.3 Å². The lowest BCUT2D eigenvalue weighted by atomic mass is 9.61. The second-order valence-corrected chi connectivity index (χ2v) is 13.0. The molecule has 44 heavy (non-hydrogen) atoms. The maximum atomic E-state index is 14.2. The summed E-state index contributed by atoms with van der Waals surface area (Å²) in [6.45, 7) is -0.938. The molecule has 3 atom stereocenters. The zero-order valence-corrected chi connectivity index (χ0v) is 24.7. The number of hydrazine groups is 1. The van der Waals surface area contributed by atoms with Gasteiger partial charge in [0.2, 0.25) is 5.78 Å². The zero-order valence-electron chi connectivity index (χ0n) is 23.1. The predicted octanol–water partition coefficient (Wildman–Crippen LogP) is 4.64. The van der Waals surface area contributed by atoms with E-state index in [0.29, 0.717) is 28.7 Å². The molecule has 236 valence electrons. The van der Waals surface area contributed by atoms with E-state index in [1.54, 1.807) is 10.8 Å². The lowest BCUT2D eigenvalue weighted by molar-refractivity contribution is -0.134. The Morgan fingerprint density at radius 3 is 2.59 bits per heavy atom. The molecule has 1 fully saturated rings. The Kier molecular flexibility index (Phi) is 8.76. The molecule has 0 radical (unpaired) electrons. The Morgan fingerprint density at radius 2 is 1.98 bits per heavy atom. The van der Waals surface area contributed by atoms with Crippen molar-refractivity contribution in [1.82, 2.24) is 24.1 Å². The first kappa shape index (κ1) is 31.9. The molecule has 9 nitrogen and oxygen atoms in total. The lowest BCUT2D eigenvalue weighted by Gasteiger charge is -2.46. The van der Waals surface area contributed by atoms with Gasteiger partial charge in [-0.1, -0.05) is 5.57 Å². The molecule has 4 N–H and O–H groups in total. The fourth-order valence-electron chi connectivity index (χ4n) is 5.70. The van der Waals surface area contributed by atoms with E-state index in [9.17, 15) is 35.3 Å². The number of Topliss-reactive ketones (excluding diaryl/α,β-unsaturated/α-hetero) is 1. The standard InChI is InChI=1S/C27H27F6N7O2S2/c1-38(35)14-23(34)44(42)39(13-22(29)30)19-5-2-16-8-20-15(11-37-40(20)18-6-3-17(28)4-7-18)9-26(16,10-19)24(41)25-36-12-21(43-25)27(31,32)33/h3-4,6-8,11-12,14,19,22H,2,5,9-10,13,34-35H2,1H3/b23-14+. The van der Waals surface area contributed by atoms with Crippen molar-refractivity contribution in [2.24, 2.45) is 17.0 Å². The first-order chi connectivity index (χ1) is 20.7. The monoisotopic (exact) mass is 659 g/mol. The zero-order chi connectivity index (χ0) is 32.0. The predicted molar refractivity (Wildman–Crippen MR) is 152 cm³/mol. The number of carbonyl (C=O) groups is 1. The van der Waals surface area contributed by atoms with Crippen molar-refractivity contribution in [3.63, 3.8) is 0 Å². The Bertz CT molecular complexity index is 1630. The van der Waals surface area contributed by atoms with Gasteiger partial charge in [-0.2, -0.15) is 18.3 Å². The van der Waals surface area contributed by atoms with Gasteiger partial charge < -0.3 is 10.7 Å². The molecule has 5 rings (SSSR count). The van der Waals surface area contributed by atoms with Gasteiger partial charge in [-0.3, -0.25) is 4.79 Å². The van der Waals surface area contributed by atoms with Crippen LogP contribution in [-0.4, -0.2) is 60.1 Å².